The first-order valence-corrected chi connectivity index (χ1v) is 26.2. The van der Waals surface area contributed by atoms with E-state index in [0.29, 0.717) is 19.3 Å². The van der Waals surface area contributed by atoms with Gasteiger partial charge in [-0.2, -0.15) is 0 Å². The predicted octanol–water partition coefficient (Wildman–Crippen LogP) is 9.79. The molecular formula is C52H99NO10. The van der Waals surface area contributed by atoms with Crippen LogP contribution in [0.4, 0.5) is 0 Å². The summed E-state index contributed by atoms with van der Waals surface area (Å²) in [7, 11) is 0. The molecule has 0 radical (unpaired) electrons. The van der Waals surface area contributed by atoms with Gasteiger partial charge in [-0.05, 0) is 44.9 Å². The zero-order valence-corrected chi connectivity index (χ0v) is 40.3. The molecule has 9 unspecified atom stereocenters. The van der Waals surface area contributed by atoms with Crippen LogP contribution in [0.25, 0.3) is 0 Å². The summed E-state index contributed by atoms with van der Waals surface area (Å²) in [6.07, 6.45) is 36.9. The van der Waals surface area contributed by atoms with E-state index in [9.17, 15) is 40.5 Å². The fourth-order valence-electron chi connectivity index (χ4n) is 8.41. The molecule has 9 atom stereocenters. The van der Waals surface area contributed by atoms with Gasteiger partial charge in [0.15, 0.2) is 6.29 Å². The highest BCUT2D eigenvalue weighted by atomic mass is 16.7. The molecule has 0 saturated carbocycles. The number of hydrogen-bond acceptors (Lipinski definition) is 10. The van der Waals surface area contributed by atoms with Crippen LogP contribution in [0, 0.1) is 0 Å². The monoisotopic (exact) mass is 898 g/mol. The first-order chi connectivity index (χ1) is 30.7. The van der Waals surface area contributed by atoms with Crippen molar-refractivity contribution < 1.29 is 50.0 Å². The Morgan fingerprint density at radius 2 is 0.968 bits per heavy atom. The molecule has 1 saturated heterocycles. The van der Waals surface area contributed by atoms with Crippen LogP contribution >= 0.6 is 0 Å². The molecule has 8 N–H and O–H groups in total. The Hall–Kier alpha value is -1.41. The third kappa shape index (κ3) is 31.2. The van der Waals surface area contributed by atoms with Crippen LogP contribution < -0.4 is 5.32 Å². The van der Waals surface area contributed by atoms with Gasteiger partial charge in [-0.15, -0.1) is 0 Å². The molecular weight excluding hydrogens is 799 g/mol. The van der Waals surface area contributed by atoms with Crippen LogP contribution in [0.1, 0.15) is 232 Å². The van der Waals surface area contributed by atoms with Gasteiger partial charge in [-0.3, -0.25) is 4.79 Å². The summed E-state index contributed by atoms with van der Waals surface area (Å²) in [6, 6.07) is -1.19. The van der Waals surface area contributed by atoms with Crippen molar-refractivity contribution in [2.45, 2.75) is 287 Å². The molecule has 1 rings (SSSR count). The van der Waals surface area contributed by atoms with Crippen LogP contribution in [0.5, 0.6) is 0 Å². The van der Waals surface area contributed by atoms with Crippen LogP contribution in [-0.2, 0) is 14.3 Å². The maximum absolute atomic E-state index is 13.1. The van der Waals surface area contributed by atoms with Gasteiger partial charge in [0.2, 0.25) is 5.91 Å². The van der Waals surface area contributed by atoms with E-state index in [-0.39, 0.29) is 12.8 Å². The number of rotatable bonds is 44. The lowest BCUT2D eigenvalue weighted by atomic mass is 9.98. The number of carbonyl (C=O) groups excluding carboxylic acids is 1. The van der Waals surface area contributed by atoms with Gasteiger partial charge in [-0.25, -0.2) is 0 Å². The third-order valence-corrected chi connectivity index (χ3v) is 12.7. The van der Waals surface area contributed by atoms with E-state index in [4.69, 9.17) is 9.47 Å². The number of amides is 1. The van der Waals surface area contributed by atoms with Gasteiger partial charge in [0, 0.05) is 0 Å². The highest BCUT2D eigenvalue weighted by Crippen LogP contribution is 2.23. The molecule has 1 amide bonds. The fourth-order valence-corrected chi connectivity index (χ4v) is 8.41. The minimum absolute atomic E-state index is 0.246. The molecule has 0 aromatic carbocycles. The lowest BCUT2D eigenvalue weighted by Gasteiger charge is -2.40. The summed E-state index contributed by atoms with van der Waals surface area (Å²) in [6.45, 7) is 3.35. The van der Waals surface area contributed by atoms with Crippen LogP contribution in [0.2, 0.25) is 0 Å². The first-order valence-electron chi connectivity index (χ1n) is 26.2. The third-order valence-electron chi connectivity index (χ3n) is 12.7. The summed E-state index contributed by atoms with van der Waals surface area (Å²) in [5.74, 6) is -0.709. The molecule has 1 aliphatic rings. The Morgan fingerprint density at radius 1 is 0.540 bits per heavy atom. The zero-order valence-electron chi connectivity index (χ0n) is 40.3. The van der Waals surface area contributed by atoms with E-state index >= 15 is 0 Å². The molecule has 372 valence electrons. The second kappa shape index (κ2) is 42.0. The number of ether oxygens (including phenoxy) is 2. The second-order valence-corrected chi connectivity index (χ2v) is 18.6. The van der Waals surface area contributed by atoms with E-state index in [1.54, 1.807) is 0 Å². The summed E-state index contributed by atoms with van der Waals surface area (Å²) < 4.78 is 11.1. The quantitative estimate of drug-likeness (QED) is 0.0216. The van der Waals surface area contributed by atoms with Gasteiger partial charge in [0.25, 0.3) is 0 Å². The SMILES string of the molecule is CCC/C=C/CC/C=C/CCCC(O)C(O)C(COC1OC(CO)C(O)C(O)C1O)NC(=O)C(O)CCCCCCCCCCCCCCCCCCCCCCCCCCCC. The number of allylic oxidation sites excluding steroid dienone is 4. The fraction of sp³-hybridized carbons (Fsp3) is 0.904. The Balaban J connectivity index is 2.26. The zero-order chi connectivity index (χ0) is 46.2. The van der Waals surface area contributed by atoms with Crippen molar-refractivity contribution in [3.8, 4) is 0 Å². The van der Waals surface area contributed by atoms with E-state index in [0.717, 1.165) is 44.9 Å². The maximum Gasteiger partial charge on any atom is 0.249 e. The number of carbonyl (C=O) groups is 1. The summed E-state index contributed by atoms with van der Waals surface area (Å²) >= 11 is 0. The molecule has 1 heterocycles. The Morgan fingerprint density at radius 3 is 1.41 bits per heavy atom. The molecule has 0 spiro atoms. The molecule has 1 aliphatic heterocycles. The highest BCUT2D eigenvalue weighted by molar-refractivity contribution is 5.80. The lowest BCUT2D eigenvalue weighted by molar-refractivity contribution is -0.303. The van der Waals surface area contributed by atoms with E-state index < -0.39 is 74.2 Å². The van der Waals surface area contributed by atoms with Gasteiger partial charge in [0.05, 0.1) is 25.4 Å². The molecule has 0 aliphatic carbocycles. The predicted molar refractivity (Wildman–Crippen MR) is 256 cm³/mol. The Bertz CT molecular complexity index is 1080. The normalized spacial score (nSPS) is 21.3. The number of unbranched alkanes of at least 4 members (excludes halogenated alkanes) is 28. The van der Waals surface area contributed by atoms with Crippen molar-refractivity contribution in [1.29, 1.82) is 0 Å². The molecule has 63 heavy (non-hydrogen) atoms. The second-order valence-electron chi connectivity index (χ2n) is 18.6. The van der Waals surface area contributed by atoms with Crippen molar-refractivity contribution in [3.63, 3.8) is 0 Å². The van der Waals surface area contributed by atoms with Gasteiger partial charge in [0.1, 0.15) is 36.6 Å². The van der Waals surface area contributed by atoms with Crippen molar-refractivity contribution >= 4 is 5.91 Å². The molecule has 11 heteroatoms. The number of nitrogens with one attached hydrogen (secondary N) is 1. The Labute approximate surface area is 384 Å². The van der Waals surface area contributed by atoms with Crippen molar-refractivity contribution in [3.05, 3.63) is 24.3 Å². The summed E-state index contributed by atoms with van der Waals surface area (Å²) in [5, 5.41) is 75.6. The smallest absolute Gasteiger partial charge is 0.249 e. The summed E-state index contributed by atoms with van der Waals surface area (Å²) in [5.41, 5.74) is 0. The largest absolute Gasteiger partial charge is 0.394 e. The van der Waals surface area contributed by atoms with Crippen molar-refractivity contribution in [2.24, 2.45) is 0 Å². The number of aliphatic hydroxyl groups is 7. The van der Waals surface area contributed by atoms with E-state index in [1.165, 1.54) is 141 Å². The molecule has 1 fully saturated rings. The average Bonchev–Trinajstić information content (AvgIpc) is 3.28. The van der Waals surface area contributed by atoms with E-state index in [2.05, 4.69) is 37.4 Å². The minimum atomic E-state index is -1.67. The molecule has 11 nitrogen and oxygen atoms in total. The molecule has 0 aromatic rings. The maximum atomic E-state index is 13.1. The van der Waals surface area contributed by atoms with Crippen LogP contribution in [-0.4, -0.2) is 110 Å². The standard InChI is InChI=1S/C52H99NO10/c1-3-5-7-9-11-13-15-16-17-18-19-20-21-22-23-24-25-26-27-28-29-30-32-34-36-38-40-45(56)51(61)53-43(42-62-52-50(60)49(59)48(58)46(41-54)63-52)47(57)44(55)39-37-35-33-31-14-12-10-8-6-4-2/h8,10,31,33,43-50,52,54-60H,3-7,9,11-30,32,34-42H2,1-2H3,(H,53,61)/b10-8+,33-31+. The minimum Gasteiger partial charge on any atom is -0.394 e. The van der Waals surface area contributed by atoms with Crippen LogP contribution in [0.3, 0.4) is 0 Å². The van der Waals surface area contributed by atoms with Gasteiger partial charge < -0.3 is 50.5 Å². The molecule has 0 bridgehead atoms. The molecule has 0 aromatic heterocycles. The average molecular weight is 898 g/mol. The van der Waals surface area contributed by atoms with E-state index in [1.807, 2.05) is 6.08 Å². The number of hydrogen-bond donors (Lipinski definition) is 8. The van der Waals surface area contributed by atoms with Crippen LogP contribution in [0.15, 0.2) is 24.3 Å². The Kier molecular flexibility index (Phi) is 39.7. The number of aliphatic hydroxyl groups excluding tert-OH is 7. The van der Waals surface area contributed by atoms with Gasteiger partial charge >= 0.3 is 0 Å². The van der Waals surface area contributed by atoms with Crippen molar-refractivity contribution in [2.75, 3.05) is 13.2 Å². The van der Waals surface area contributed by atoms with Crippen molar-refractivity contribution in [1.82, 2.24) is 5.32 Å². The summed E-state index contributed by atoms with van der Waals surface area (Å²) in [4.78, 5) is 13.1. The highest BCUT2D eigenvalue weighted by Gasteiger charge is 2.44. The van der Waals surface area contributed by atoms with Gasteiger partial charge in [-0.1, -0.05) is 212 Å². The topological polar surface area (TPSA) is 189 Å². The first kappa shape index (κ1) is 59.6. The lowest BCUT2D eigenvalue weighted by Crippen LogP contribution is -2.60.